The van der Waals surface area contributed by atoms with E-state index in [0.29, 0.717) is 27.6 Å². The molecule has 0 saturated heterocycles. The van der Waals surface area contributed by atoms with Crippen molar-refractivity contribution in [2.45, 2.75) is 10.9 Å². The van der Waals surface area contributed by atoms with Crippen LogP contribution in [0.15, 0.2) is 29.4 Å². The van der Waals surface area contributed by atoms with Crippen LogP contribution in [-0.2, 0) is 5.75 Å². The first-order chi connectivity index (χ1) is 8.54. The standard InChI is InChI=1S/C11H10ClFN4S/c12-8-3-7(13)2-1-6(8)5-18-11-16-9(14)4-10(15)17-11/h1-4H,5H2,(H4,14,15,16,17). The van der Waals surface area contributed by atoms with E-state index in [-0.39, 0.29) is 5.82 Å². The number of thioether (sulfide) groups is 1. The number of benzene rings is 1. The molecule has 7 heteroatoms. The molecule has 0 fully saturated rings. The van der Waals surface area contributed by atoms with Gasteiger partial charge in [0, 0.05) is 16.8 Å². The van der Waals surface area contributed by atoms with Gasteiger partial charge in [0.2, 0.25) is 0 Å². The zero-order chi connectivity index (χ0) is 13.1. The van der Waals surface area contributed by atoms with Gasteiger partial charge in [-0.25, -0.2) is 14.4 Å². The minimum atomic E-state index is -0.363. The molecule has 0 atom stereocenters. The van der Waals surface area contributed by atoms with Crippen molar-refractivity contribution in [3.8, 4) is 0 Å². The normalized spacial score (nSPS) is 10.6. The van der Waals surface area contributed by atoms with Crippen LogP contribution in [0.1, 0.15) is 5.56 Å². The van der Waals surface area contributed by atoms with E-state index in [1.165, 1.54) is 30.0 Å². The molecule has 0 radical (unpaired) electrons. The SMILES string of the molecule is Nc1cc(N)nc(SCc2ccc(F)cc2Cl)n1. The Bertz CT molecular complexity index is 559. The van der Waals surface area contributed by atoms with Gasteiger partial charge < -0.3 is 11.5 Å². The highest BCUT2D eigenvalue weighted by atomic mass is 35.5. The Morgan fingerprint density at radius 3 is 2.44 bits per heavy atom. The number of hydrogen-bond acceptors (Lipinski definition) is 5. The molecule has 94 valence electrons. The van der Waals surface area contributed by atoms with Crippen LogP contribution in [0.5, 0.6) is 0 Å². The van der Waals surface area contributed by atoms with Gasteiger partial charge in [0.1, 0.15) is 17.5 Å². The van der Waals surface area contributed by atoms with Crippen molar-refractivity contribution in [1.29, 1.82) is 0 Å². The molecule has 1 aromatic carbocycles. The van der Waals surface area contributed by atoms with Crippen molar-refractivity contribution in [3.05, 3.63) is 40.7 Å². The number of anilines is 2. The van der Waals surface area contributed by atoms with Crippen LogP contribution in [0.4, 0.5) is 16.0 Å². The first-order valence-electron chi connectivity index (χ1n) is 5.01. The molecular weight excluding hydrogens is 275 g/mol. The summed E-state index contributed by atoms with van der Waals surface area (Å²) in [5, 5.41) is 0.840. The third kappa shape index (κ3) is 3.24. The van der Waals surface area contributed by atoms with E-state index in [4.69, 9.17) is 23.1 Å². The lowest BCUT2D eigenvalue weighted by Gasteiger charge is -2.04. The highest BCUT2D eigenvalue weighted by Gasteiger charge is 2.06. The monoisotopic (exact) mass is 284 g/mol. The Morgan fingerprint density at radius 2 is 1.83 bits per heavy atom. The van der Waals surface area contributed by atoms with E-state index < -0.39 is 0 Å². The summed E-state index contributed by atoms with van der Waals surface area (Å²) in [6.07, 6.45) is 0. The van der Waals surface area contributed by atoms with Crippen LogP contribution in [-0.4, -0.2) is 9.97 Å². The maximum atomic E-state index is 12.9. The Kier molecular flexibility index (Phi) is 3.88. The van der Waals surface area contributed by atoms with Crippen molar-refractivity contribution in [2.24, 2.45) is 0 Å². The molecule has 4 nitrogen and oxygen atoms in total. The largest absolute Gasteiger partial charge is 0.383 e. The molecule has 0 saturated carbocycles. The van der Waals surface area contributed by atoms with Gasteiger partial charge in [-0.2, -0.15) is 0 Å². The minimum absolute atomic E-state index is 0.315. The van der Waals surface area contributed by atoms with E-state index in [0.717, 1.165) is 5.56 Å². The van der Waals surface area contributed by atoms with Crippen molar-refractivity contribution in [2.75, 3.05) is 11.5 Å². The first kappa shape index (κ1) is 12.9. The number of halogens is 2. The number of aromatic nitrogens is 2. The Hall–Kier alpha value is -1.53. The van der Waals surface area contributed by atoms with Crippen LogP contribution < -0.4 is 11.5 Å². The molecule has 0 bridgehead atoms. The molecule has 18 heavy (non-hydrogen) atoms. The summed E-state index contributed by atoms with van der Waals surface area (Å²) in [5.74, 6) is 0.783. The molecule has 2 rings (SSSR count). The Balaban J connectivity index is 2.11. The minimum Gasteiger partial charge on any atom is -0.383 e. The zero-order valence-corrected chi connectivity index (χ0v) is 10.8. The predicted octanol–water partition coefficient (Wildman–Crippen LogP) is 2.73. The molecular formula is C11H10ClFN4S. The maximum Gasteiger partial charge on any atom is 0.191 e. The first-order valence-corrected chi connectivity index (χ1v) is 6.38. The Morgan fingerprint density at radius 1 is 1.17 bits per heavy atom. The van der Waals surface area contributed by atoms with E-state index >= 15 is 0 Å². The predicted molar refractivity (Wildman–Crippen MR) is 71.8 cm³/mol. The van der Waals surface area contributed by atoms with E-state index in [1.807, 2.05) is 0 Å². The fourth-order valence-corrected chi connectivity index (χ4v) is 2.50. The van der Waals surface area contributed by atoms with Gasteiger partial charge in [-0.05, 0) is 17.7 Å². The van der Waals surface area contributed by atoms with Crippen LogP contribution in [0.25, 0.3) is 0 Å². The summed E-state index contributed by atoms with van der Waals surface area (Å²) in [7, 11) is 0. The summed E-state index contributed by atoms with van der Waals surface area (Å²) < 4.78 is 12.9. The lowest BCUT2D eigenvalue weighted by molar-refractivity contribution is 0.627. The molecule has 1 aromatic heterocycles. The highest BCUT2D eigenvalue weighted by Crippen LogP contribution is 2.26. The van der Waals surface area contributed by atoms with Crippen LogP contribution in [0, 0.1) is 5.82 Å². The van der Waals surface area contributed by atoms with Crippen molar-refractivity contribution in [3.63, 3.8) is 0 Å². The highest BCUT2D eigenvalue weighted by molar-refractivity contribution is 7.98. The van der Waals surface area contributed by atoms with E-state index in [9.17, 15) is 4.39 Å². The summed E-state index contributed by atoms with van der Waals surface area (Å²) in [4.78, 5) is 8.06. The summed E-state index contributed by atoms with van der Waals surface area (Å²) in [5.41, 5.74) is 11.9. The van der Waals surface area contributed by atoms with Gasteiger partial charge in [0.15, 0.2) is 5.16 Å². The average molecular weight is 285 g/mol. The lowest BCUT2D eigenvalue weighted by atomic mass is 10.2. The fraction of sp³-hybridized carbons (Fsp3) is 0.0909. The van der Waals surface area contributed by atoms with Crippen molar-refractivity contribution >= 4 is 35.0 Å². The average Bonchev–Trinajstić information content (AvgIpc) is 2.26. The fourth-order valence-electron chi connectivity index (χ4n) is 1.31. The third-order valence-corrected chi connectivity index (χ3v) is 3.37. The number of hydrogen-bond donors (Lipinski definition) is 2. The lowest BCUT2D eigenvalue weighted by Crippen LogP contribution is -1.99. The smallest absolute Gasteiger partial charge is 0.191 e. The summed E-state index contributed by atoms with van der Waals surface area (Å²) in [6.45, 7) is 0. The molecule has 0 spiro atoms. The summed E-state index contributed by atoms with van der Waals surface area (Å²) in [6, 6.07) is 5.73. The van der Waals surface area contributed by atoms with Crippen LogP contribution in [0.3, 0.4) is 0 Å². The number of rotatable bonds is 3. The second-order valence-corrected chi connectivity index (χ2v) is 4.87. The summed E-state index contributed by atoms with van der Waals surface area (Å²) >= 11 is 7.25. The molecule has 4 N–H and O–H groups in total. The maximum absolute atomic E-state index is 12.9. The van der Waals surface area contributed by atoms with E-state index in [2.05, 4.69) is 9.97 Å². The van der Waals surface area contributed by atoms with Gasteiger partial charge in [0.05, 0.1) is 0 Å². The van der Waals surface area contributed by atoms with Crippen LogP contribution in [0.2, 0.25) is 5.02 Å². The van der Waals surface area contributed by atoms with Gasteiger partial charge in [0.25, 0.3) is 0 Å². The number of nitrogens with two attached hydrogens (primary N) is 2. The topological polar surface area (TPSA) is 77.8 Å². The van der Waals surface area contributed by atoms with Crippen molar-refractivity contribution in [1.82, 2.24) is 9.97 Å². The molecule has 0 amide bonds. The molecule has 0 aliphatic heterocycles. The number of nitrogens with zero attached hydrogens (tertiary/aromatic N) is 2. The molecule has 0 aliphatic rings. The molecule has 2 aromatic rings. The zero-order valence-electron chi connectivity index (χ0n) is 9.23. The molecule has 0 unspecified atom stereocenters. The molecule has 1 heterocycles. The second-order valence-electron chi connectivity index (χ2n) is 3.52. The van der Waals surface area contributed by atoms with Crippen molar-refractivity contribution < 1.29 is 4.39 Å². The second kappa shape index (κ2) is 5.41. The number of nitrogen functional groups attached to an aromatic ring is 2. The van der Waals surface area contributed by atoms with E-state index in [1.54, 1.807) is 6.07 Å². The van der Waals surface area contributed by atoms with Crippen LogP contribution >= 0.6 is 23.4 Å². The van der Waals surface area contributed by atoms with Gasteiger partial charge in [-0.1, -0.05) is 29.4 Å². The third-order valence-electron chi connectivity index (χ3n) is 2.12. The van der Waals surface area contributed by atoms with Gasteiger partial charge in [-0.15, -0.1) is 0 Å². The van der Waals surface area contributed by atoms with Gasteiger partial charge >= 0.3 is 0 Å². The molecule has 0 aliphatic carbocycles. The van der Waals surface area contributed by atoms with Gasteiger partial charge in [-0.3, -0.25) is 0 Å². The quantitative estimate of drug-likeness (QED) is 0.669. The Labute approximate surface area is 113 Å².